The van der Waals surface area contributed by atoms with E-state index < -0.39 is 4.92 Å². The number of amides is 1. The predicted octanol–water partition coefficient (Wildman–Crippen LogP) is 3.49. The van der Waals surface area contributed by atoms with Crippen molar-refractivity contribution in [1.29, 1.82) is 0 Å². The highest BCUT2D eigenvalue weighted by Crippen LogP contribution is 2.29. The molecule has 1 aliphatic heterocycles. The maximum absolute atomic E-state index is 12.0. The first-order valence-corrected chi connectivity index (χ1v) is 8.46. The third-order valence-corrected chi connectivity index (χ3v) is 4.85. The fraction of sp³-hybridized carbons (Fsp3) is 0.375. The van der Waals surface area contributed by atoms with Crippen LogP contribution in [0.5, 0.6) is 0 Å². The minimum atomic E-state index is -0.442. The standard InChI is InChI=1S/C16H17N3O3S/c20-15-14(10-11-6-8-13(9-7-11)19(21)22)23-16(18-15)17-12-4-2-1-3-5-12/h6-10,12H,1-5H2,(H,17,18,20). The quantitative estimate of drug-likeness (QED) is 0.522. The molecule has 0 unspecified atom stereocenters. The summed E-state index contributed by atoms with van der Waals surface area (Å²) >= 11 is 1.33. The van der Waals surface area contributed by atoms with Gasteiger partial charge in [0.15, 0.2) is 5.17 Å². The largest absolute Gasteiger partial charge is 0.301 e. The highest BCUT2D eigenvalue weighted by Gasteiger charge is 2.25. The van der Waals surface area contributed by atoms with Crippen LogP contribution in [-0.4, -0.2) is 22.0 Å². The molecule has 0 atom stereocenters. The maximum atomic E-state index is 12.0. The summed E-state index contributed by atoms with van der Waals surface area (Å²) in [4.78, 5) is 27.4. The zero-order valence-corrected chi connectivity index (χ0v) is 13.3. The highest BCUT2D eigenvalue weighted by atomic mass is 32.2. The summed E-state index contributed by atoms with van der Waals surface area (Å²) in [5.41, 5.74) is 0.794. The van der Waals surface area contributed by atoms with Crippen molar-refractivity contribution in [2.45, 2.75) is 38.1 Å². The molecule has 1 amide bonds. The number of hydrogen-bond acceptors (Lipinski definition) is 5. The van der Waals surface area contributed by atoms with Crippen LogP contribution in [0, 0.1) is 10.1 Å². The number of carbonyl (C=O) groups is 1. The van der Waals surface area contributed by atoms with Crippen LogP contribution in [0.15, 0.2) is 34.2 Å². The second-order valence-corrected chi connectivity index (χ2v) is 6.67. The van der Waals surface area contributed by atoms with Gasteiger partial charge in [0.25, 0.3) is 11.6 Å². The van der Waals surface area contributed by atoms with Crippen molar-refractivity contribution in [1.82, 2.24) is 5.32 Å². The molecule has 7 heteroatoms. The first kappa shape index (κ1) is 15.7. The van der Waals surface area contributed by atoms with Gasteiger partial charge in [-0.15, -0.1) is 0 Å². The predicted molar refractivity (Wildman–Crippen MR) is 91.1 cm³/mol. The normalized spacial score (nSPS) is 22.5. The summed E-state index contributed by atoms with van der Waals surface area (Å²) in [5.74, 6) is -0.164. The molecular formula is C16H17N3O3S. The number of nitrogens with zero attached hydrogens (tertiary/aromatic N) is 2. The van der Waals surface area contributed by atoms with Gasteiger partial charge in [0, 0.05) is 12.1 Å². The van der Waals surface area contributed by atoms with Gasteiger partial charge in [0.1, 0.15) is 0 Å². The second-order valence-electron chi connectivity index (χ2n) is 5.64. The van der Waals surface area contributed by atoms with Gasteiger partial charge in [-0.25, -0.2) is 0 Å². The van der Waals surface area contributed by atoms with Crippen LogP contribution in [0.25, 0.3) is 6.08 Å². The molecular weight excluding hydrogens is 314 g/mol. The van der Waals surface area contributed by atoms with Crippen LogP contribution in [0.2, 0.25) is 0 Å². The zero-order valence-electron chi connectivity index (χ0n) is 12.5. The number of non-ortho nitro benzene ring substituents is 1. The number of nitro benzene ring substituents is 1. The number of rotatable bonds is 3. The molecule has 1 aromatic carbocycles. The Kier molecular flexibility index (Phi) is 4.76. The minimum absolute atomic E-state index is 0.0372. The first-order valence-electron chi connectivity index (χ1n) is 7.65. The molecule has 2 aliphatic rings. The van der Waals surface area contributed by atoms with E-state index in [-0.39, 0.29) is 11.6 Å². The molecule has 0 aromatic heterocycles. The van der Waals surface area contributed by atoms with E-state index in [4.69, 9.17) is 0 Å². The van der Waals surface area contributed by atoms with Gasteiger partial charge in [-0.2, -0.15) is 0 Å². The van der Waals surface area contributed by atoms with Crippen LogP contribution in [0.1, 0.15) is 37.7 Å². The van der Waals surface area contributed by atoms with Crippen LogP contribution < -0.4 is 5.32 Å². The number of carbonyl (C=O) groups excluding carboxylic acids is 1. The van der Waals surface area contributed by atoms with Crippen molar-refractivity contribution < 1.29 is 9.72 Å². The summed E-state index contributed by atoms with van der Waals surface area (Å²) in [6.45, 7) is 0. The zero-order chi connectivity index (χ0) is 16.2. The van der Waals surface area contributed by atoms with Gasteiger partial charge < -0.3 is 5.32 Å². The SMILES string of the molecule is O=C1NC(=NC2CCCCC2)SC1=Cc1ccc([N+](=O)[O-])cc1. The second kappa shape index (κ2) is 6.95. The molecule has 3 rings (SSSR count). The van der Waals surface area contributed by atoms with E-state index in [1.807, 2.05) is 0 Å². The molecule has 23 heavy (non-hydrogen) atoms. The van der Waals surface area contributed by atoms with Gasteiger partial charge in [-0.05, 0) is 48.4 Å². The van der Waals surface area contributed by atoms with Gasteiger partial charge in [-0.1, -0.05) is 19.3 Å². The first-order chi connectivity index (χ1) is 11.1. The Balaban J connectivity index is 1.71. The van der Waals surface area contributed by atoms with Crippen LogP contribution in [0.3, 0.4) is 0 Å². The van der Waals surface area contributed by atoms with E-state index in [0.29, 0.717) is 16.1 Å². The fourth-order valence-electron chi connectivity index (χ4n) is 2.71. The maximum Gasteiger partial charge on any atom is 0.269 e. The summed E-state index contributed by atoms with van der Waals surface area (Å²) in [6.07, 6.45) is 7.57. The third-order valence-electron chi connectivity index (χ3n) is 3.93. The Morgan fingerprint density at radius 3 is 2.57 bits per heavy atom. The van der Waals surface area contributed by atoms with Crippen LogP contribution in [0.4, 0.5) is 5.69 Å². The van der Waals surface area contributed by atoms with E-state index in [1.54, 1.807) is 18.2 Å². The van der Waals surface area contributed by atoms with E-state index >= 15 is 0 Å². The lowest BCUT2D eigenvalue weighted by molar-refractivity contribution is -0.384. The van der Waals surface area contributed by atoms with Gasteiger partial charge in [0.2, 0.25) is 0 Å². The van der Waals surface area contributed by atoms with E-state index in [1.165, 1.54) is 43.2 Å². The Morgan fingerprint density at radius 1 is 1.22 bits per heavy atom. The van der Waals surface area contributed by atoms with Crippen molar-refractivity contribution in [2.24, 2.45) is 4.99 Å². The Morgan fingerprint density at radius 2 is 1.91 bits per heavy atom. The molecule has 0 bridgehead atoms. The molecule has 0 spiro atoms. The molecule has 120 valence electrons. The molecule has 1 aromatic rings. The van der Waals surface area contributed by atoms with Crippen LogP contribution >= 0.6 is 11.8 Å². The number of aliphatic imine (C=N–C) groups is 1. The van der Waals surface area contributed by atoms with E-state index in [9.17, 15) is 14.9 Å². The molecule has 2 fully saturated rings. The number of hydrogen-bond donors (Lipinski definition) is 1. The summed E-state index contributed by atoms with van der Waals surface area (Å²) in [7, 11) is 0. The lowest BCUT2D eigenvalue weighted by atomic mass is 9.96. The Labute approximate surface area is 138 Å². The Bertz CT molecular complexity index is 676. The number of nitro groups is 1. The molecule has 1 aliphatic carbocycles. The van der Waals surface area contributed by atoms with E-state index in [2.05, 4.69) is 10.3 Å². The molecule has 1 saturated heterocycles. The smallest absolute Gasteiger partial charge is 0.269 e. The fourth-order valence-corrected chi connectivity index (χ4v) is 3.60. The highest BCUT2D eigenvalue weighted by molar-refractivity contribution is 8.18. The molecule has 1 N–H and O–H groups in total. The average molecular weight is 331 g/mol. The number of benzene rings is 1. The van der Waals surface area contributed by atoms with Crippen molar-refractivity contribution in [2.75, 3.05) is 0 Å². The van der Waals surface area contributed by atoms with Crippen molar-refractivity contribution in [3.05, 3.63) is 44.8 Å². The average Bonchev–Trinajstić information content (AvgIpc) is 2.88. The van der Waals surface area contributed by atoms with Crippen molar-refractivity contribution in [3.63, 3.8) is 0 Å². The molecule has 6 nitrogen and oxygen atoms in total. The van der Waals surface area contributed by atoms with Crippen molar-refractivity contribution >= 4 is 34.6 Å². The third kappa shape index (κ3) is 3.98. The summed E-state index contributed by atoms with van der Waals surface area (Å²) in [5, 5.41) is 14.1. The van der Waals surface area contributed by atoms with Gasteiger partial charge >= 0.3 is 0 Å². The van der Waals surface area contributed by atoms with E-state index in [0.717, 1.165) is 18.4 Å². The minimum Gasteiger partial charge on any atom is -0.301 e. The van der Waals surface area contributed by atoms with Crippen LogP contribution in [-0.2, 0) is 4.79 Å². The Hall–Kier alpha value is -2.15. The molecule has 1 saturated carbocycles. The molecule has 0 radical (unpaired) electrons. The monoisotopic (exact) mass is 331 g/mol. The summed E-state index contributed by atoms with van der Waals surface area (Å²) < 4.78 is 0. The van der Waals surface area contributed by atoms with Crippen molar-refractivity contribution in [3.8, 4) is 0 Å². The number of nitrogens with one attached hydrogen (secondary N) is 1. The lowest BCUT2D eigenvalue weighted by Gasteiger charge is -2.17. The van der Waals surface area contributed by atoms with Gasteiger partial charge in [0.05, 0.1) is 15.9 Å². The number of amidine groups is 1. The lowest BCUT2D eigenvalue weighted by Crippen LogP contribution is -2.22. The number of thioether (sulfide) groups is 1. The summed E-state index contributed by atoms with van der Waals surface area (Å²) in [6, 6.07) is 6.44. The molecule has 1 heterocycles. The topological polar surface area (TPSA) is 84.6 Å². The van der Waals surface area contributed by atoms with Gasteiger partial charge in [-0.3, -0.25) is 19.9 Å².